The van der Waals surface area contributed by atoms with Crippen LogP contribution in [0, 0.1) is 20.8 Å². The molecule has 120 valence electrons. The molecule has 2 rings (SSSR count). The Morgan fingerprint density at radius 3 is 2.13 bits per heavy atom. The number of hydrogen-bond acceptors (Lipinski definition) is 3. The number of benzene rings is 2. The van der Waals surface area contributed by atoms with Crippen molar-refractivity contribution in [2.45, 2.75) is 30.9 Å². The van der Waals surface area contributed by atoms with Crippen molar-refractivity contribution < 1.29 is 9.59 Å². The Labute approximate surface area is 140 Å². The summed E-state index contributed by atoms with van der Waals surface area (Å²) in [6, 6.07) is 12.7. The van der Waals surface area contributed by atoms with Crippen LogP contribution in [-0.2, 0) is 4.79 Å². The van der Waals surface area contributed by atoms with E-state index in [2.05, 4.69) is 17.4 Å². The summed E-state index contributed by atoms with van der Waals surface area (Å²) in [5.41, 5.74) is 9.34. The minimum absolute atomic E-state index is 0.409. The molecule has 1 atom stereocenters. The van der Waals surface area contributed by atoms with Crippen LogP contribution in [0.1, 0.15) is 27.5 Å². The SMILES string of the molecule is Cc1cc(C)c(S[C@H](C(=O)NC(N)=O)c2ccccc2)c(C)c1. The first-order valence-corrected chi connectivity index (χ1v) is 8.16. The maximum absolute atomic E-state index is 12.4. The summed E-state index contributed by atoms with van der Waals surface area (Å²) in [5.74, 6) is -0.409. The highest BCUT2D eigenvalue weighted by Crippen LogP contribution is 2.39. The van der Waals surface area contributed by atoms with E-state index in [-0.39, 0.29) is 0 Å². The van der Waals surface area contributed by atoms with Crippen molar-refractivity contribution in [3.63, 3.8) is 0 Å². The number of nitrogens with two attached hydrogens (primary N) is 1. The number of rotatable bonds is 4. The van der Waals surface area contributed by atoms with Crippen LogP contribution >= 0.6 is 11.8 Å². The molecule has 2 aromatic rings. The van der Waals surface area contributed by atoms with Gasteiger partial charge in [0, 0.05) is 4.90 Å². The van der Waals surface area contributed by atoms with Gasteiger partial charge in [-0.3, -0.25) is 10.1 Å². The number of imide groups is 1. The number of primary amides is 1. The lowest BCUT2D eigenvalue weighted by Gasteiger charge is -2.19. The van der Waals surface area contributed by atoms with E-state index in [1.54, 1.807) is 0 Å². The summed E-state index contributed by atoms with van der Waals surface area (Å²) in [5, 5.41) is 1.65. The molecule has 0 aliphatic carbocycles. The lowest BCUT2D eigenvalue weighted by atomic mass is 10.1. The maximum atomic E-state index is 12.4. The average Bonchev–Trinajstić information content (AvgIpc) is 2.46. The molecular formula is C18H20N2O2S. The third kappa shape index (κ3) is 4.36. The molecule has 0 fully saturated rings. The third-order valence-corrected chi connectivity index (χ3v) is 5.03. The Hall–Kier alpha value is -2.27. The molecule has 0 spiro atoms. The average molecular weight is 328 g/mol. The Balaban J connectivity index is 2.39. The van der Waals surface area contributed by atoms with E-state index in [0.717, 1.165) is 21.6 Å². The number of carbonyl (C=O) groups excluding carboxylic acids is 2. The van der Waals surface area contributed by atoms with Crippen LogP contribution in [-0.4, -0.2) is 11.9 Å². The number of urea groups is 1. The molecule has 0 heterocycles. The summed E-state index contributed by atoms with van der Waals surface area (Å²) in [6.07, 6.45) is 0. The van der Waals surface area contributed by atoms with Crippen molar-refractivity contribution in [3.8, 4) is 0 Å². The molecular weight excluding hydrogens is 308 g/mol. The zero-order valence-corrected chi connectivity index (χ0v) is 14.2. The fraction of sp³-hybridized carbons (Fsp3) is 0.222. The molecule has 0 unspecified atom stereocenters. The molecule has 0 saturated carbocycles. The monoisotopic (exact) mass is 328 g/mol. The fourth-order valence-corrected chi connectivity index (χ4v) is 3.74. The third-order valence-electron chi connectivity index (χ3n) is 3.43. The molecule has 0 aromatic heterocycles. The van der Waals surface area contributed by atoms with Gasteiger partial charge in [0.25, 0.3) is 0 Å². The van der Waals surface area contributed by atoms with Crippen molar-refractivity contribution in [2.24, 2.45) is 5.73 Å². The molecule has 0 aliphatic heterocycles. The number of amides is 3. The van der Waals surface area contributed by atoms with Crippen molar-refractivity contribution in [1.29, 1.82) is 0 Å². The van der Waals surface area contributed by atoms with E-state index < -0.39 is 17.2 Å². The standard InChI is InChI=1S/C18H20N2O2S/c1-11-9-12(2)15(13(3)10-11)23-16(17(21)20-18(19)22)14-7-5-4-6-8-14/h4-10,16H,1-3H3,(H3,19,20,21,22)/t16-/m0/s1. The summed E-state index contributed by atoms with van der Waals surface area (Å²) in [4.78, 5) is 24.5. The van der Waals surface area contributed by atoms with Crippen molar-refractivity contribution in [1.82, 2.24) is 5.32 Å². The lowest BCUT2D eigenvalue weighted by Crippen LogP contribution is -2.37. The van der Waals surface area contributed by atoms with E-state index in [4.69, 9.17) is 5.73 Å². The molecule has 2 aromatic carbocycles. The molecule has 0 aliphatic rings. The van der Waals surface area contributed by atoms with E-state index in [0.29, 0.717) is 0 Å². The van der Waals surface area contributed by atoms with E-state index in [1.165, 1.54) is 17.3 Å². The summed E-state index contributed by atoms with van der Waals surface area (Å²) >= 11 is 1.43. The Morgan fingerprint density at radius 1 is 1.04 bits per heavy atom. The minimum atomic E-state index is -0.839. The van der Waals surface area contributed by atoms with Gasteiger partial charge in [0.15, 0.2) is 0 Å². The lowest BCUT2D eigenvalue weighted by molar-refractivity contribution is -0.119. The highest BCUT2D eigenvalue weighted by molar-refractivity contribution is 8.00. The molecule has 0 radical (unpaired) electrons. The predicted octanol–water partition coefficient (Wildman–Crippen LogP) is 3.64. The van der Waals surface area contributed by atoms with Gasteiger partial charge < -0.3 is 5.73 Å². The first-order valence-electron chi connectivity index (χ1n) is 7.28. The second-order valence-electron chi connectivity index (χ2n) is 5.49. The first kappa shape index (κ1) is 17.1. The van der Waals surface area contributed by atoms with Crippen molar-refractivity contribution in [2.75, 3.05) is 0 Å². The molecule has 0 bridgehead atoms. The largest absolute Gasteiger partial charge is 0.351 e. The molecule has 3 N–H and O–H groups in total. The van der Waals surface area contributed by atoms with Crippen LogP contribution in [0.15, 0.2) is 47.4 Å². The molecule has 3 amide bonds. The minimum Gasteiger partial charge on any atom is -0.351 e. The Morgan fingerprint density at radius 2 is 1.61 bits per heavy atom. The van der Waals surface area contributed by atoms with Gasteiger partial charge in [-0.15, -0.1) is 11.8 Å². The van der Waals surface area contributed by atoms with Crippen molar-refractivity contribution in [3.05, 3.63) is 64.7 Å². The summed E-state index contributed by atoms with van der Waals surface area (Å²) in [7, 11) is 0. The van der Waals surface area contributed by atoms with Crippen LogP contribution < -0.4 is 11.1 Å². The Kier molecular flexibility index (Phi) is 5.45. The highest BCUT2D eigenvalue weighted by atomic mass is 32.2. The number of carbonyl (C=O) groups is 2. The topological polar surface area (TPSA) is 72.2 Å². The van der Waals surface area contributed by atoms with Gasteiger partial charge in [-0.1, -0.05) is 48.0 Å². The van der Waals surface area contributed by atoms with E-state index >= 15 is 0 Å². The van der Waals surface area contributed by atoms with E-state index in [1.807, 2.05) is 51.1 Å². The maximum Gasteiger partial charge on any atom is 0.318 e. The normalized spacial score (nSPS) is 11.8. The van der Waals surface area contributed by atoms with Gasteiger partial charge in [0.2, 0.25) is 5.91 Å². The summed E-state index contributed by atoms with van der Waals surface area (Å²) in [6.45, 7) is 6.09. The molecule has 23 heavy (non-hydrogen) atoms. The van der Waals surface area contributed by atoms with Crippen LogP contribution in [0.5, 0.6) is 0 Å². The van der Waals surface area contributed by atoms with Gasteiger partial charge >= 0.3 is 6.03 Å². The number of aryl methyl sites for hydroxylation is 3. The zero-order valence-electron chi connectivity index (χ0n) is 13.4. The second kappa shape index (κ2) is 7.33. The number of nitrogens with one attached hydrogen (secondary N) is 1. The van der Waals surface area contributed by atoms with E-state index in [9.17, 15) is 9.59 Å². The molecule has 4 nitrogen and oxygen atoms in total. The van der Waals surface area contributed by atoms with Crippen LogP contribution in [0.3, 0.4) is 0 Å². The van der Waals surface area contributed by atoms with Gasteiger partial charge in [-0.2, -0.15) is 0 Å². The van der Waals surface area contributed by atoms with Gasteiger partial charge in [-0.05, 0) is 37.5 Å². The second-order valence-corrected chi connectivity index (χ2v) is 6.61. The quantitative estimate of drug-likeness (QED) is 0.842. The fourth-order valence-electron chi connectivity index (χ4n) is 2.56. The number of thioether (sulfide) groups is 1. The smallest absolute Gasteiger partial charge is 0.318 e. The predicted molar refractivity (Wildman–Crippen MR) is 93.4 cm³/mol. The van der Waals surface area contributed by atoms with Gasteiger partial charge in [0.05, 0.1) is 0 Å². The van der Waals surface area contributed by atoms with Gasteiger partial charge in [-0.25, -0.2) is 4.79 Å². The van der Waals surface area contributed by atoms with Crippen molar-refractivity contribution >= 4 is 23.7 Å². The van der Waals surface area contributed by atoms with Crippen LogP contribution in [0.2, 0.25) is 0 Å². The Bertz CT molecular complexity index is 706. The van der Waals surface area contributed by atoms with Crippen LogP contribution in [0.4, 0.5) is 4.79 Å². The first-order chi connectivity index (χ1) is 10.9. The zero-order chi connectivity index (χ0) is 17.0. The molecule has 0 saturated heterocycles. The summed E-state index contributed by atoms with van der Waals surface area (Å²) < 4.78 is 0. The molecule has 5 heteroatoms. The highest BCUT2D eigenvalue weighted by Gasteiger charge is 2.24. The number of hydrogen-bond donors (Lipinski definition) is 2. The van der Waals surface area contributed by atoms with Crippen LogP contribution in [0.25, 0.3) is 0 Å². The van der Waals surface area contributed by atoms with Gasteiger partial charge in [0.1, 0.15) is 5.25 Å².